The zero-order chi connectivity index (χ0) is 26.5. The average Bonchev–Trinajstić information content (AvgIpc) is 3.31. The standard InChI is InChI=1S/C24H21F3N8O2/c1-13-10-35(12-17(37-13)16-9-29-33(2)11-16)23-31-18(15-6-4-14(8-28)5-7-15)19-20(32-23)21(36)34(3)22(30-19)24(25,26)27/h4-7,9,11,13,17H,10,12H2,1-3H3/t13-,17-/m0/s1. The normalized spacial score (nSPS) is 18.2. The van der Waals surface area contributed by atoms with Crippen molar-refractivity contribution in [3.8, 4) is 17.3 Å². The minimum Gasteiger partial charge on any atom is -0.367 e. The Morgan fingerprint density at radius 1 is 1.08 bits per heavy atom. The van der Waals surface area contributed by atoms with Crippen LogP contribution in [-0.2, 0) is 25.0 Å². The summed E-state index contributed by atoms with van der Waals surface area (Å²) in [5.41, 5.74) is 0.214. The number of nitriles is 1. The van der Waals surface area contributed by atoms with Crippen LogP contribution >= 0.6 is 0 Å². The molecule has 0 saturated carbocycles. The van der Waals surface area contributed by atoms with Crippen molar-refractivity contribution in [1.82, 2.24) is 29.3 Å². The van der Waals surface area contributed by atoms with E-state index in [0.29, 0.717) is 28.8 Å². The van der Waals surface area contributed by atoms with Gasteiger partial charge in [-0.25, -0.2) is 15.0 Å². The van der Waals surface area contributed by atoms with Gasteiger partial charge in [0.25, 0.3) is 5.56 Å². The number of hydrogen-bond acceptors (Lipinski definition) is 8. The van der Waals surface area contributed by atoms with E-state index in [1.54, 1.807) is 30.1 Å². The number of ether oxygens (including phenoxy) is 1. The summed E-state index contributed by atoms with van der Waals surface area (Å²) >= 11 is 0. The number of benzene rings is 1. The van der Waals surface area contributed by atoms with E-state index in [4.69, 9.17) is 10.00 Å². The number of rotatable bonds is 3. The van der Waals surface area contributed by atoms with Gasteiger partial charge in [-0.2, -0.15) is 23.5 Å². The molecule has 1 aliphatic rings. The topological polar surface area (TPSA) is 115 Å². The first-order chi connectivity index (χ1) is 17.5. The van der Waals surface area contributed by atoms with E-state index in [2.05, 4.69) is 20.1 Å². The third-order valence-corrected chi connectivity index (χ3v) is 6.10. The van der Waals surface area contributed by atoms with Gasteiger partial charge < -0.3 is 9.64 Å². The van der Waals surface area contributed by atoms with Crippen molar-refractivity contribution in [2.45, 2.75) is 25.3 Å². The smallest absolute Gasteiger partial charge is 0.367 e. The van der Waals surface area contributed by atoms with Gasteiger partial charge in [0.05, 0.1) is 30.5 Å². The van der Waals surface area contributed by atoms with Crippen molar-refractivity contribution in [3.63, 3.8) is 0 Å². The number of aryl methyl sites for hydroxylation is 1. The molecular formula is C24H21F3N8O2. The Labute approximate surface area is 208 Å². The third-order valence-electron chi connectivity index (χ3n) is 6.10. The van der Waals surface area contributed by atoms with Gasteiger partial charge in [-0.15, -0.1) is 0 Å². The molecule has 0 bridgehead atoms. The number of fused-ring (bicyclic) bond motifs is 1. The summed E-state index contributed by atoms with van der Waals surface area (Å²) in [5, 5.41) is 13.3. The lowest BCUT2D eigenvalue weighted by molar-refractivity contribution is -0.147. The van der Waals surface area contributed by atoms with Crippen LogP contribution in [0.25, 0.3) is 22.3 Å². The van der Waals surface area contributed by atoms with Gasteiger partial charge in [-0.3, -0.25) is 14.0 Å². The predicted molar refractivity (Wildman–Crippen MR) is 126 cm³/mol. The number of aromatic nitrogens is 6. The molecule has 10 nitrogen and oxygen atoms in total. The zero-order valence-electron chi connectivity index (χ0n) is 20.1. The molecule has 190 valence electrons. The van der Waals surface area contributed by atoms with Crippen molar-refractivity contribution < 1.29 is 17.9 Å². The summed E-state index contributed by atoms with van der Waals surface area (Å²) in [5.74, 6) is -1.19. The highest BCUT2D eigenvalue weighted by Gasteiger charge is 2.37. The van der Waals surface area contributed by atoms with E-state index in [9.17, 15) is 18.0 Å². The second kappa shape index (κ2) is 8.97. The molecule has 2 atom stereocenters. The maximum absolute atomic E-state index is 13.7. The Kier molecular flexibility index (Phi) is 5.91. The fourth-order valence-electron chi connectivity index (χ4n) is 4.34. The molecule has 0 N–H and O–H groups in total. The molecule has 37 heavy (non-hydrogen) atoms. The molecule has 0 spiro atoms. The zero-order valence-corrected chi connectivity index (χ0v) is 20.1. The van der Waals surface area contributed by atoms with Crippen LogP contribution in [0.4, 0.5) is 19.1 Å². The second-order valence-electron chi connectivity index (χ2n) is 8.84. The molecule has 1 fully saturated rings. The molecule has 1 aromatic carbocycles. The Bertz CT molecular complexity index is 1590. The van der Waals surface area contributed by atoms with Crippen LogP contribution in [-0.4, -0.2) is 48.5 Å². The number of halogens is 3. The van der Waals surface area contributed by atoms with Crippen molar-refractivity contribution in [2.24, 2.45) is 14.1 Å². The average molecular weight is 510 g/mol. The van der Waals surface area contributed by atoms with E-state index < -0.39 is 17.6 Å². The Hall–Kier alpha value is -4.31. The van der Waals surface area contributed by atoms with Gasteiger partial charge in [0.1, 0.15) is 17.3 Å². The minimum absolute atomic E-state index is 0.0600. The molecule has 0 unspecified atom stereocenters. The first kappa shape index (κ1) is 24.4. The van der Waals surface area contributed by atoms with Crippen molar-refractivity contribution >= 4 is 17.0 Å². The van der Waals surface area contributed by atoms with E-state index in [-0.39, 0.29) is 34.9 Å². The number of anilines is 1. The van der Waals surface area contributed by atoms with Crippen molar-refractivity contribution in [2.75, 3.05) is 18.0 Å². The van der Waals surface area contributed by atoms with E-state index in [1.165, 1.54) is 12.1 Å². The number of nitrogens with zero attached hydrogens (tertiary/aromatic N) is 8. The van der Waals surface area contributed by atoms with Crippen LogP contribution in [0.5, 0.6) is 0 Å². The monoisotopic (exact) mass is 510 g/mol. The lowest BCUT2D eigenvalue weighted by atomic mass is 10.1. The summed E-state index contributed by atoms with van der Waals surface area (Å²) in [6, 6.07) is 8.14. The quantitative estimate of drug-likeness (QED) is 0.413. The number of alkyl halides is 3. The van der Waals surface area contributed by atoms with Crippen molar-refractivity contribution in [3.05, 3.63) is 64.0 Å². The molecule has 1 saturated heterocycles. The Morgan fingerprint density at radius 3 is 2.43 bits per heavy atom. The molecule has 0 aliphatic carbocycles. The molecule has 5 rings (SSSR count). The second-order valence-corrected chi connectivity index (χ2v) is 8.84. The lowest BCUT2D eigenvalue weighted by Crippen LogP contribution is -2.44. The highest BCUT2D eigenvalue weighted by Crippen LogP contribution is 2.33. The summed E-state index contributed by atoms with van der Waals surface area (Å²) in [6.07, 6.45) is -1.92. The Morgan fingerprint density at radius 2 is 1.81 bits per heavy atom. The number of morpholine rings is 1. The first-order valence-electron chi connectivity index (χ1n) is 11.3. The molecule has 0 radical (unpaired) electrons. The predicted octanol–water partition coefficient (Wildman–Crippen LogP) is 2.98. The Balaban J connectivity index is 1.70. The van der Waals surface area contributed by atoms with Gasteiger partial charge in [0.15, 0.2) is 5.52 Å². The van der Waals surface area contributed by atoms with E-state index in [0.717, 1.165) is 12.6 Å². The summed E-state index contributed by atoms with van der Waals surface area (Å²) < 4.78 is 49.2. The van der Waals surface area contributed by atoms with Crippen LogP contribution < -0.4 is 10.5 Å². The lowest BCUT2D eigenvalue weighted by Gasteiger charge is -2.36. The molecule has 4 heterocycles. The van der Waals surface area contributed by atoms with Crippen molar-refractivity contribution in [1.29, 1.82) is 5.26 Å². The van der Waals surface area contributed by atoms with E-state index >= 15 is 0 Å². The first-order valence-corrected chi connectivity index (χ1v) is 11.3. The maximum atomic E-state index is 13.7. The summed E-state index contributed by atoms with van der Waals surface area (Å²) in [6.45, 7) is 2.61. The summed E-state index contributed by atoms with van der Waals surface area (Å²) in [7, 11) is 2.80. The van der Waals surface area contributed by atoms with Gasteiger partial charge in [0.2, 0.25) is 11.8 Å². The molecule has 0 amide bonds. The van der Waals surface area contributed by atoms with Gasteiger partial charge in [-0.05, 0) is 19.1 Å². The molecule has 13 heteroatoms. The third kappa shape index (κ3) is 4.51. The van der Waals surface area contributed by atoms with E-state index in [1.807, 2.05) is 24.1 Å². The SMILES string of the molecule is C[C@H]1CN(c2nc(-c3ccc(C#N)cc3)c3nc(C(F)(F)F)n(C)c(=O)c3n2)C[C@@H](c2cnn(C)c2)O1. The van der Waals surface area contributed by atoms with Crippen LogP contribution in [0.3, 0.4) is 0 Å². The minimum atomic E-state index is -4.86. The van der Waals surface area contributed by atoms with Crippen LogP contribution in [0.1, 0.15) is 30.0 Å². The van der Waals surface area contributed by atoms with Crippen LogP contribution in [0.15, 0.2) is 41.5 Å². The van der Waals surface area contributed by atoms with Gasteiger partial charge >= 0.3 is 6.18 Å². The maximum Gasteiger partial charge on any atom is 0.449 e. The highest BCUT2D eigenvalue weighted by atomic mass is 19.4. The van der Waals surface area contributed by atoms with Crippen LogP contribution in [0, 0.1) is 11.3 Å². The highest BCUT2D eigenvalue weighted by molar-refractivity contribution is 5.89. The molecule has 4 aromatic rings. The fraction of sp³-hybridized carbons (Fsp3) is 0.333. The van der Waals surface area contributed by atoms with Gasteiger partial charge in [-0.1, -0.05) is 12.1 Å². The molecule has 1 aliphatic heterocycles. The summed E-state index contributed by atoms with van der Waals surface area (Å²) in [4.78, 5) is 27.7. The molecule has 3 aromatic heterocycles. The number of hydrogen-bond donors (Lipinski definition) is 0. The largest absolute Gasteiger partial charge is 0.449 e. The molecular weight excluding hydrogens is 489 g/mol. The van der Waals surface area contributed by atoms with Gasteiger partial charge in [0, 0.05) is 38.0 Å². The van der Waals surface area contributed by atoms with Crippen LogP contribution in [0.2, 0.25) is 0 Å². The fourth-order valence-corrected chi connectivity index (χ4v) is 4.34.